The Labute approximate surface area is 68.4 Å². The van der Waals surface area contributed by atoms with Crippen LogP contribution in [0.2, 0.25) is 0 Å². The van der Waals surface area contributed by atoms with E-state index < -0.39 is 5.97 Å². The van der Waals surface area contributed by atoms with Crippen molar-refractivity contribution in [3.05, 3.63) is 0 Å². The molecule has 0 saturated heterocycles. The smallest absolute Gasteiger partial charge is 0.322 e. The Hall–Kier alpha value is -0.750. The van der Waals surface area contributed by atoms with E-state index >= 15 is 0 Å². The monoisotopic (exact) mass is 178 g/mol. The van der Waals surface area contributed by atoms with Crippen molar-refractivity contribution in [3.63, 3.8) is 0 Å². The Morgan fingerprint density at radius 1 is 1.60 bits per heavy atom. The van der Waals surface area contributed by atoms with Gasteiger partial charge in [0.2, 0.25) is 0 Å². The first-order valence-electron chi connectivity index (χ1n) is 2.33. The van der Waals surface area contributed by atoms with Gasteiger partial charge in [-0.05, 0) is 0 Å². The maximum Gasteiger partial charge on any atom is 0.322 e. The summed E-state index contributed by atoms with van der Waals surface area (Å²) in [6.45, 7) is -0.254. The fraction of sp³-hybridized carbons (Fsp3) is 0.250. The standard InChI is InChI=1S/C4H6N2O2S2/c5-3(9)4(10)6-1-2(7)8/h1H2,(H2,5,9)(H,6,10)(H,7,8). The molecule has 0 radical (unpaired) electrons. The number of carbonyl (C=O) groups is 1. The highest BCUT2D eigenvalue weighted by atomic mass is 32.1. The number of aliphatic carboxylic acids is 1. The van der Waals surface area contributed by atoms with Gasteiger partial charge in [-0.25, -0.2) is 0 Å². The molecule has 0 fully saturated rings. The number of nitrogens with two attached hydrogens (primary N) is 1. The zero-order chi connectivity index (χ0) is 8.15. The van der Waals surface area contributed by atoms with Crippen molar-refractivity contribution in [2.24, 2.45) is 5.73 Å². The third-order valence-electron chi connectivity index (χ3n) is 0.624. The largest absolute Gasteiger partial charge is 0.480 e. The summed E-state index contributed by atoms with van der Waals surface area (Å²) in [6.07, 6.45) is 0. The van der Waals surface area contributed by atoms with Gasteiger partial charge in [-0.1, -0.05) is 24.4 Å². The van der Waals surface area contributed by atoms with Crippen LogP contribution in [0.25, 0.3) is 0 Å². The van der Waals surface area contributed by atoms with Crippen molar-refractivity contribution in [1.82, 2.24) is 5.32 Å². The molecule has 0 aliphatic carbocycles. The lowest BCUT2D eigenvalue weighted by molar-refractivity contribution is -0.135. The normalized spacial score (nSPS) is 8.40. The van der Waals surface area contributed by atoms with Crippen LogP contribution in [0.1, 0.15) is 0 Å². The summed E-state index contributed by atoms with van der Waals surface area (Å²) >= 11 is 9.01. The van der Waals surface area contributed by atoms with Crippen LogP contribution in [0.4, 0.5) is 0 Å². The Balaban J connectivity index is 3.60. The van der Waals surface area contributed by atoms with E-state index in [0.29, 0.717) is 0 Å². The molecular weight excluding hydrogens is 172 g/mol. The fourth-order valence-corrected chi connectivity index (χ4v) is 0.387. The van der Waals surface area contributed by atoms with E-state index in [9.17, 15) is 4.79 Å². The first kappa shape index (κ1) is 9.25. The third kappa shape index (κ3) is 4.16. The first-order valence-corrected chi connectivity index (χ1v) is 3.15. The summed E-state index contributed by atoms with van der Waals surface area (Å²) in [4.78, 5) is 10.0. The molecule has 10 heavy (non-hydrogen) atoms. The second-order valence-corrected chi connectivity index (χ2v) is 2.29. The SMILES string of the molecule is NC(=S)C(=S)NCC(=O)O. The maximum atomic E-state index is 9.92. The van der Waals surface area contributed by atoms with Gasteiger partial charge in [0, 0.05) is 0 Å². The van der Waals surface area contributed by atoms with Crippen LogP contribution in [0.5, 0.6) is 0 Å². The molecule has 0 spiro atoms. The highest BCUT2D eigenvalue weighted by Crippen LogP contribution is 1.72. The minimum atomic E-state index is -1.00. The van der Waals surface area contributed by atoms with Crippen LogP contribution in [-0.4, -0.2) is 27.6 Å². The Kier molecular flexibility index (Phi) is 3.82. The molecule has 0 heterocycles. The molecule has 0 atom stereocenters. The third-order valence-corrected chi connectivity index (χ3v) is 1.32. The molecule has 0 aromatic heterocycles. The van der Waals surface area contributed by atoms with Gasteiger partial charge in [0.25, 0.3) is 0 Å². The molecule has 0 rings (SSSR count). The van der Waals surface area contributed by atoms with Crippen molar-refractivity contribution >= 4 is 40.4 Å². The second kappa shape index (κ2) is 4.13. The van der Waals surface area contributed by atoms with E-state index in [1.54, 1.807) is 0 Å². The van der Waals surface area contributed by atoms with Gasteiger partial charge < -0.3 is 16.2 Å². The molecule has 0 aliphatic heterocycles. The van der Waals surface area contributed by atoms with Crippen molar-refractivity contribution in [2.45, 2.75) is 0 Å². The number of rotatable bonds is 2. The molecule has 0 aromatic rings. The molecule has 0 saturated carbocycles. The van der Waals surface area contributed by atoms with Crippen LogP contribution >= 0.6 is 24.4 Å². The van der Waals surface area contributed by atoms with Crippen LogP contribution in [-0.2, 0) is 4.79 Å². The van der Waals surface area contributed by atoms with Crippen LogP contribution in [0.15, 0.2) is 0 Å². The molecular formula is C4H6N2O2S2. The van der Waals surface area contributed by atoms with E-state index in [0.717, 1.165) is 0 Å². The van der Waals surface area contributed by atoms with Crippen LogP contribution in [0.3, 0.4) is 0 Å². The van der Waals surface area contributed by atoms with Crippen LogP contribution in [0, 0.1) is 0 Å². The minimum absolute atomic E-state index is 0.0104. The van der Waals surface area contributed by atoms with Gasteiger partial charge in [-0.15, -0.1) is 0 Å². The highest BCUT2D eigenvalue weighted by Gasteiger charge is 2.00. The lowest BCUT2D eigenvalue weighted by Crippen LogP contribution is -2.36. The second-order valence-electron chi connectivity index (χ2n) is 1.44. The number of hydrogen-bond donors (Lipinski definition) is 3. The zero-order valence-corrected chi connectivity index (χ0v) is 6.59. The molecule has 0 aliphatic rings. The molecule has 0 unspecified atom stereocenters. The van der Waals surface area contributed by atoms with Crippen molar-refractivity contribution < 1.29 is 9.90 Å². The molecule has 56 valence electrons. The zero-order valence-electron chi connectivity index (χ0n) is 4.96. The quantitative estimate of drug-likeness (QED) is 0.484. The van der Waals surface area contributed by atoms with E-state index in [-0.39, 0.29) is 16.5 Å². The Morgan fingerprint density at radius 3 is 2.40 bits per heavy atom. The molecule has 4 N–H and O–H groups in total. The summed E-state index contributed by atoms with van der Waals surface area (Å²) in [5.74, 6) is -1.00. The van der Waals surface area contributed by atoms with Gasteiger partial charge in [-0.3, -0.25) is 4.79 Å². The fourth-order valence-electron chi connectivity index (χ4n) is 0.243. The average Bonchev–Trinajstić information content (AvgIpc) is 1.82. The van der Waals surface area contributed by atoms with E-state index in [1.165, 1.54) is 0 Å². The first-order chi connectivity index (χ1) is 4.54. The minimum Gasteiger partial charge on any atom is -0.480 e. The van der Waals surface area contributed by atoms with Crippen molar-refractivity contribution in [2.75, 3.05) is 6.54 Å². The molecule has 6 heteroatoms. The highest BCUT2D eigenvalue weighted by molar-refractivity contribution is 7.89. The van der Waals surface area contributed by atoms with Gasteiger partial charge in [0.05, 0.1) is 0 Å². The summed E-state index contributed by atoms with van der Waals surface area (Å²) in [6, 6.07) is 0. The average molecular weight is 178 g/mol. The van der Waals surface area contributed by atoms with Crippen LogP contribution < -0.4 is 11.1 Å². The lowest BCUT2D eigenvalue weighted by Gasteiger charge is -2.00. The summed E-state index contributed by atoms with van der Waals surface area (Å²) in [7, 11) is 0. The van der Waals surface area contributed by atoms with E-state index in [1.807, 2.05) is 0 Å². The number of hydrogen-bond acceptors (Lipinski definition) is 3. The Morgan fingerprint density at radius 2 is 2.10 bits per heavy atom. The Bertz CT molecular complexity index is 180. The number of nitrogens with one attached hydrogen (secondary N) is 1. The predicted octanol–water partition coefficient (Wildman–Crippen LogP) is -0.726. The lowest BCUT2D eigenvalue weighted by atomic mass is 10.6. The summed E-state index contributed by atoms with van der Waals surface area (Å²) < 4.78 is 0. The van der Waals surface area contributed by atoms with Gasteiger partial charge >= 0.3 is 5.97 Å². The predicted molar refractivity (Wildman–Crippen MR) is 45.0 cm³/mol. The number of thiocarbonyl (C=S) groups is 2. The topological polar surface area (TPSA) is 75.3 Å². The molecule has 4 nitrogen and oxygen atoms in total. The van der Waals surface area contributed by atoms with E-state index in [4.69, 9.17) is 10.8 Å². The summed E-state index contributed by atoms with van der Waals surface area (Å²) in [5.41, 5.74) is 5.06. The maximum absolute atomic E-state index is 9.92. The molecule has 0 aromatic carbocycles. The molecule has 0 amide bonds. The van der Waals surface area contributed by atoms with Crippen molar-refractivity contribution in [1.29, 1.82) is 0 Å². The molecule has 0 bridgehead atoms. The van der Waals surface area contributed by atoms with Gasteiger partial charge in [-0.2, -0.15) is 0 Å². The van der Waals surface area contributed by atoms with Gasteiger partial charge in [0.1, 0.15) is 16.5 Å². The number of carboxylic acids is 1. The summed E-state index contributed by atoms with van der Waals surface area (Å²) in [5, 5.41) is 10.5. The van der Waals surface area contributed by atoms with Crippen molar-refractivity contribution in [3.8, 4) is 0 Å². The van der Waals surface area contributed by atoms with Gasteiger partial charge in [0.15, 0.2) is 0 Å². The van der Waals surface area contributed by atoms with E-state index in [2.05, 4.69) is 29.8 Å². The number of carboxylic acid groups (broad SMARTS) is 1.